The smallest absolute Gasteiger partial charge is 0.268 e. The van der Waals surface area contributed by atoms with Crippen LogP contribution in [-0.4, -0.2) is 34.5 Å². The maximum absolute atomic E-state index is 12.5. The number of sulfone groups is 1. The van der Waals surface area contributed by atoms with E-state index in [1.54, 1.807) is 6.07 Å². The largest absolute Gasteiger partial charge is 0.317 e. The highest BCUT2D eigenvalue weighted by Gasteiger charge is 2.18. The number of hydrogen-bond donors (Lipinski definition) is 1. The number of carbonyl (C=O) groups is 1. The Morgan fingerprint density at radius 1 is 1.28 bits per heavy atom. The third-order valence-electron chi connectivity index (χ3n) is 3.88. The van der Waals surface area contributed by atoms with Gasteiger partial charge in [0, 0.05) is 35.4 Å². The maximum atomic E-state index is 12.5. The van der Waals surface area contributed by atoms with E-state index in [2.05, 4.69) is 20.7 Å². The topological polar surface area (TPSA) is 118 Å². The molecule has 3 rings (SSSR count). The number of nitrogens with one attached hydrogen (secondary N) is 1. The molecule has 1 aromatic carbocycles. The van der Waals surface area contributed by atoms with Crippen LogP contribution in [0.1, 0.15) is 16.8 Å². The molecule has 0 fully saturated rings. The van der Waals surface area contributed by atoms with Crippen molar-refractivity contribution in [1.29, 1.82) is 5.26 Å². The second-order valence-electron chi connectivity index (χ2n) is 6.43. The van der Waals surface area contributed by atoms with Crippen LogP contribution in [0.3, 0.4) is 0 Å². The summed E-state index contributed by atoms with van der Waals surface area (Å²) in [6.45, 7) is 3.99. The van der Waals surface area contributed by atoms with Crippen LogP contribution in [0.15, 0.2) is 47.3 Å². The maximum Gasteiger partial charge on any atom is 0.268 e. The SMILES string of the molecule is Cc1cc(C)cc(-n2cccc2/C=C(/C#N)C(=O)Nc2nc(S(C)(=O)=O)ns2)c1. The summed E-state index contributed by atoms with van der Waals surface area (Å²) in [6, 6.07) is 11.5. The average Bonchev–Trinajstić information content (AvgIpc) is 3.27. The lowest BCUT2D eigenvalue weighted by Crippen LogP contribution is -2.14. The van der Waals surface area contributed by atoms with Crippen LogP contribution in [-0.2, 0) is 14.6 Å². The van der Waals surface area contributed by atoms with Crippen LogP contribution in [0.4, 0.5) is 5.13 Å². The minimum Gasteiger partial charge on any atom is -0.317 e. The van der Waals surface area contributed by atoms with Crippen LogP contribution in [0.25, 0.3) is 11.8 Å². The lowest BCUT2D eigenvalue weighted by Gasteiger charge is -2.09. The van der Waals surface area contributed by atoms with Gasteiger partial charge in [0.25, 0.3) is 11.1 Å². The van der Waals surface area contributed by atoms with Gasteiger partial charge in [-0.25, -0.2) is 8.42 Å². The van der Waals surface area contributed by atoms with Gasteiger partial charge < -0.3 is 4.57 Å². The minimum absolute atomic E-state index is 0.00117. The number of benzene rings is 1. The van der Waals surface area contributed by atoms with Crippen molar-refractivity contribution in [3.63, 3.8) is 0 Å². The van der Waals surface area contributed by atoms with E-state index < -0.39 is 15.7 Å². The molecule has 1 amide bonds. The Morgan fingerprint density at radius 3 is 2.55 bits per heavy atom. The zero-order valence-corrected chi connectivity index (χ0v) is 17.5. The fourth-order valence-electron chi connectivity index (χ4n) is 2.71. The molecule has 0 saturated heterocycles. The quantitative estimate of drug-likeness (QED) is 0.494. The Bertz CT molecular complexity index is 1240. The van der Waals surface area contributed by atoms with E-state index in [9.17, 15) is 18.5 Å². The van der Waals surface area contributed by atoms with Gasteiger partial charge in [0.1, 0.15) is 11.6 Å². The molecule has 29 heavy (non-hydrogen) atoms. The first kappa shape index (κ1) is 20.4. The highest BCUT2D eigenvalue weighted by atomic mass is 32.2. The summed E-state index contributed by atoms with van der Waals surface area (Å²) in [5.41, 5.74) is 3.61. The molecule has 1 N–H and O–H groups in total. The van der Waals surface area contributed by atoms with Crippen molar-refractivity contribution in [2.75, 3.05) is 11.6 Å². The van der Waals surface area contributed by atoms with Gasteiger partial charge in [-0.1, -0.05) is 6.07 Å². The standard InChI is InChI=1S/C19H17N5O3S2/c1-12-7-13(2)9-16(8-12)24-6-4-5-15(24)10-14(11-20)17(25)21-18-22-19(23-28-18)29(3,26)27/h4-10H,1-3H3,(H,21,22,23,25)/b14-10-. The molecule has 0 bridgehead atoms. The first-order valence-corrected chi connectivity index (χ1v) is 11.1. The van der Waals surface area contributed by atoms with Gasteiger partial charge in [0.15, 0.2) is 0 Å². The molecule has 148 valence electrons. The van der Waals surface area contributed by atoms with Gasteiger partial charge in [0.05, 0.1) is 0 Å². The van der Waals surface area contributed by atoms with Gasteiger partial charge in [-0.05, 0) is 55.3 Å². The minimum atomic E-state index is -3.57. The van der Waals surface area contributed by atoms with E-state index in [1.807, 2.05) is 48.9 Å². The fraction of sp³-hybridized carbons (Fsp3) is 0.158. The third-order valence-corrected chi connectivity index (χ3v) is 5.47. The molecule has 0 saturated carbocycles. The molecule has 0 spiro atoms. The van der Waals surface area contributed by atoms with Crippen LogP contribution in [0.2, 0.25) is 0 Å². The van der Waals surface area contributed by atoms with E-state index in [0.29, 0.717) is 5.69 Å². The molecule has 0 aliphatic rings. The predicted octanol–water partition coefficient (Wildman–Crippen LogP) is 2.89. The number of hydrogen-bond acceptors (Lipinski definition) is 7. The second kappa shape index (κ2) is 7.98. The molecular weight excluding hydrogens is 410 g/mol. The molecule has 3 aromatic rings. The van der Waals surface area contributed by atoms with Gasteiger partial charge in [-0.2, -0.15) is 14.6 Å². The molecule has 10 heteroatoms. The number of aromatic nitrogens is 3. The molecular formula is C19H17N5O3S2. The first-order valence-electron chi connectivity index (χ1n) is 8.40. The molecule has 2 heterocycles. The Kier molecular flexibility index (Phi) is 5.63. The summed E-state index contributed by atoms with van der Waals surface area (Å²) in [7, 11) is -3.57. The normalized spacial score (nSPS) is 11.9. The Hall–Kier alpha value is -3.29. The third kappa shape index (κ3) is 4.77. The Balaban J connectivity index is 1.89. The van der Waals surface area contributed by atoms with E-state index in [-0.39, 0.29) is 15.9 Å². The summed E-state index contributed by atoms with van der Waals surface area (Å²) >= 11 is 0.730. The second-order valence-corrected chi connectivity index (χ2v) is 9.09. The summed E-state index contributed by atoms with van der Waals surface area (Å²) < 4.78 is 28.5. The Morgan fingerprint density at radius 2 is 1.97 bits per heavy atom. The monoisotopic (exact) mass is 427 g/mol. The van der Waals surface area contributed by atoms with Crippen molar-refractivity contribution in [2.24, 2.45) is 0 Å². The van der Waals surface area contributed by atoms with Crippen LogP contribution >= 0.6 is 11.5 Å². The predicted molar refractivity (Wildman–Crippen MR) is 110 cm³/mol. The molecule has 0 aliphatic carbocycles. The number of aryl methyl sites for hydroxylation is 2. The van der Waals surface area contributed by atoms with E-state index in [1.165, 1.54) is 6.08 Å². The first-order chi connectivity index (χ1) is 13.7. The fourth-order valence-corrected chi connectivity index (χ4v) is 4.15. The molecule has 0 radical (unpaired) electrons. The highest BCUT2D eigenvalue weighted by Crippen LogP contribution is 2.20. The lowest BCUT2D eigenvalue weighted by molar-refractivity contribution is -0.112. The van der Waals surface area contributed by atoms with Crippen LogP contribution in [0.5, 0.6) is 0 Å². The summed E-state index contributed by atoms with van der Waals surface area (Å²) in [5, 5.41) is 11.5. The molecule has 0 aliphatic heterocycles. The number of anilines is 1. The number of carbonyl (C=O) groups excluding carboxylic acids is 1. The van der Waals surface area contributed by atoms with Gasteiger partial charge in [-0.15, -0.1) is 0 Å². The zero-order valence-electron chi connectivity index (χ0n) is 15.9. The summed E-state index contributed by atoms with van der Waals surface area (Å²) in [6.07, 6.45) is 4.28. The van der Waals surface area contributed by atoms with Crippen molar-refractivity contribution < 1.29 is 13.2 Å². The molecule has 0 atom stereocenters. The van der Waals surface area contributed by atoms with E-state index in [4.69, 9.17) is 0 Å². The number of nitrogens with zero attached hydrogens (tertiary/aromatic N) is 4. The summed E-state index contributed by atoms with van der Waals surface area (Å²) in [5.74, 6) is -0.697. The Labute approximate surface area is 172 Å². The van der Waals surface area contributed by atoms with Gasteiger partial charge in [0.2, 0.25) is 15.0 Å². The van der Waals surface area contributed by atoms with Crippen molar-refractivity contribution in [2.45, 2.75) is 19.0 Å². The van der Waals surface area contributed by atoms with Crippen molar-refractivity contribution in [1.82, 2.24) is 13.9 Å². The van der Waals surface area contributed by atoms with Crippen molar-refractivity contribution in [3.8, 4) is 11.8 Å². The van der Waals surface area contributed by atoms with Gasteiger partial charge in [-0.3, -0.25) is 10.1 Å². The molecule has 2 aromatic heterocycles. The highest BCUT2D eigenvalue weighted by molar-refractivity contribution is 7.90. The number of rotatable bonds is 5. The zero-order chi connectivity index (χ0) is 21.2. The van der Waals surface area contributed by atoms with Crippen LogP contribution < -0.4 is 5.32 Å². The molecule has 8 nitrogen and oxygen atoms in total. The number of nitriles is 1. The average molecular weight is 428 g/mol. The molecule has 0 unspecified atom stereocenters. The number of amides is 1. The summed E-state index contributed by atoms with van der Waals surface area (Å²) in [4.78, 5) is 16.2. The van der Waals surface area contributed by atoms with E-state index in [0.717, 1.165) is 34.6 Å². The van der Waals surface area contributed by atoms with Crippen molar-refractivity contribution >= 4 is 38.5 Å². The van der Waals surface area contributed by atoms with Gasteiger partial charge >= 0.3 is 0 Å². The van der Waals surface area contributed by atoms with Crippen molar-refractivity contribution in [3.05, 3.63) is 58.9 Å². The van der Waals surface area contributed by atoms with Crippen LogP contribution in [0, 0.1) is 25.2 Å². The lowest BCUT2D eigenvalue weighted by atomic mass is 10.1. The van der Waals surface area contributed by atoms with E-state index >= 15 is 0 Å².